The van der Waals surface area contributed by atoms with E-state index in [0.717, 1.165) is 0 Å². The second kappa shape index (κ2) is 6.90. The highest BCUT2D eigenvalue weighted by atomic mass is 19.4. The number of alkyl halides is 3. The molecule has 1 fully saturated rings. The van der Waals surface area contributed by atoms with Gasteiger partial charge in [-0.3, -0.25) is 0 Å². The van der Waals surface area contributed by atoms with Gasteiger partial charge in [-0.1, -0.05) is 13.8 Å². The van der Waals surface area contributed by atoms with Crippen LogP contribution in [0.3, 0.4) is 0 Å². The average molecular weight is 292 g/mol. The van der Waals surface area contributed by atoms with E-state index in [2.05, 4.69) is 4.98 Å². The number of aromatic nitrogens is 1. The van der Waals surface area contributed by atoms with E-state index in [1.165, 1.54) is 17.0 Å². The first-order valence-electron chi connectivity index (χ1n) is 6.85. The number of halogens is 4. The summed E-state index contributed by atoms with van der Waals surface area (Å²) in [5.41, 5.74) is 0.573. The van der Waals surface area contributed by atoms with Crippen molar-refractivity contribution in [1.82, 2.24) is 4.98 Å². The summed E-state index contributed by atoms with van der Waals surface area (Å²) >= 11 is 0. The van der Waals surface area contributed by atoms with Crippen molar-refractivity contribution in [2.24, 2.45) is 0 Å². The molecule has 1 aromatic rings. The van der Waals surface area contributed by atoms with Gasteiger partial charge in [0.2, 0.25) is 5.95 Å². The minimum absolute atomic E-state index is 0.0424. The highest BCUT2D eigenvalue weighted by Crippen LogP contribution is 2.34. The van der Waals surface area contributed by atoms with Crippen LogP contribution in [0.15, 0.2) is 12.1 Å². The molecule has 0 N–H and O–H groups in total. The van der Waals surface area contributed by atoms with Gasteiger partial charge in [-0.25, -0.2) is 4.98 Å². The normalized spacial score (nSPS) is 19.4. The lowest BCUT2D eigenvalue weighted by molar-refractivity contribution is -0.152. The molecule has 0 radical (unpaired) electrons. The largest absolute Gasteiger partial charge is 0.408 e. The number of nitrogens with zero attached hydrogens (tertiary/aromatic N) is 2. The lowest BCUT2D eigenvalue weighted by Crippen LogP contribution is -2.49. The fourth-order valence-corrected chi connectivity index (χ4v) is 2.30. The molecule has 0 aliphatic carbocycles. The minimum atomic E-state index is -4.30. The molecule has 1 aliphatic heterocycles. The van der Waals surface area contributed by atoms with E-state index >= 15 is 0 Å². The van der Waals surface area contributed by atoms with Gasteiger partial charge in [-0.15, -0.1) is 0 Å². The monoisotopic (exact) mass is 292 g/mol. The van der Waals surface area contributed by atoms with Crippen LogP contribution in [0.5, 0.6) is 0 Å². The van der Waals surface area contributed by atoms with Crippen LogP contribution < -0.4 is 4.90 Å². The van der Waals surface area contributed by atoms with Crippen molar-refractivity contribution < 1.29 is 17.6 Å². The number of hydrogen-bond donors (Lipinski definition) is 0. The molecular formula is C14H20F4N2. The summed E-state index contributed by atoms with van der Waals surface area (Å²) < 4.78 is 51.9. The fraction of sp³-hybridized carbons (Fsp3) is 0.643. The molecule has 114 valence electrons. The Balaban J connectivity index is 0.000000956. The van der Waals surface area contributed by atoms with Gasteiger partial charge in [0, 0.05) is 6.54 Å². The van der Waals surface area contributed by atoms with Crippen molar-refractivity contribution in [2.45, 2.75) is 52.3 Å². The molecule has 6 heteroatoms. The Morgan fingerprint density at radius 3 is 2.40 bits per heavy atom. The van der Waals surface area contributed by atoms with Crippen LogP contribution in [0.4, 0.5) is 23.4 Å². The Bertz CT molecular complexity index is 411. The van der Waals surface area contributed by atoms with E-state index < -0.39 is 18.2 Å². The number of pyridine rings is 1. The quantitative estimate of drug-likeness (QED) is 0.560. The molecule has 0 amide bonds. The number of aryl methyl sites for hydroxylation is 1. The molecule has 1 aromatic heterocycles. The molecule has 1 saturated heterocycles. The zero-order valence-corrected chi connectivity index (χ0v) is 12.0. The summed E-state index contributed by atoms with van der Waals surface area (Å²) in [5, 5.41) is 0. The molecule has 0 aromatic carbocycles. The smallest absolute Gasteiger partial charge is 0.344 e. The van der Waals surface area contributed by atoms with Gasteiger partial charge in [-0.05, 0) is 43.9 Å². The molecule has 1 aliphatic rings. The molecule has 2 rings (SSSR count). The summed E-state index contributed by atoms with van der Waals surface area (Å²) in [7, 11) is 0. The molecule has 2 heterocycles. The Morgan fingerprint density at radius 2 is 1.85 bits per heavy atom. The van der Waals surface area contributed by atoms with E-state index in [1.807, 2.05) is 13.8 Å². The SMILES string of the molecule is CC.Cc1cc(F)nc(N2CCCCC2C(F)(F)F)c1. The summed E-state index contributed by atoms with van der Waals surface area (Å²) in [6, 6.07) is 1.14. The maximum absolute atomic E-state index is 13.2. The second-order valence-corrected chi connectivity index (χ2v) is 4.57. The Morgan fingerprint density at radius 1 is 1.20 bits per heavy atom. The molecular weight excluding hydrogens is 272 g/mol. The second-order valence-electron chi connectivity index (χ2n) is 4.57. The number of hydrogen-bond acceptors (Lipinski definition) is 2. The van der Waals surface area contributed by atoms with Gasteiger partial charge in [0.15, 0.2) is 0 Å². The third-order valence-electron chi connectivity index (χ3n) is 3.10. The third kappa shape index (κ3) is 4.08. The van der Waals surface area contributed by atoms with Crippen molar-refractivity contribution in [3.8, 4) is 0 Å². The van der Waals surface area contributed by atoms with E-state index in [0.29, 0.717) is 18.4 Å². The highest BCUT2D eigenvalue weighted by molar-refractivity contribution is 5.43. The van der Waals surface area contributed by atoms with Crippen molar-refractivity contribution in [2.75, 3.05) is 11.4 Å². The van der Waals surface area contributed by atoms with E-state index in [1.54, 1.807) is 6.92 Å². The van der Waals surface area contributed by atoms with E-state index in [4.69, 9.17) is 0 Å². The predicted molar refractivity (Wildman–Crippen MR) is 71.3 cm³/mol. The van der Waals surface area contributed by atoms with Crippen LogP contribution in [-0.2, 0) is 0 Å². The fourth-order valence-electron chi connectivity index (χ4n) is 2.30. The molecule has 20 heavy (non-hydrogen) atoms. The first-order chi connectivity index (χ1) is 9.38. The van der Waals surface area contributed by atoms with Crippen LogP contribution in [0.25, 0.3) is 0 Å². The van der Waals surface area contributed by atoms with Crippen molar-refractivity contribution in [3.05, 3.63) is 23.6 Å². The first-order valence-corrected chi connectivity index (χ1v) is 6.85. The molecule has 0 saturated carbocycles. The lowest BCUT2D eigenvalue weighted by atomic mass is 10.0. The molecule has 0 spiro atoms. The van der Waals surface area contributed by atoms with Gasteiger partial charge in [-0.2, -0.15) is 17.6 Å². The molecule has 0 bridgehead atoms. The average Bonchev–Trinajstić information content (AvgIpc) is 2.39. The van der Waals surface area contributed by atoms with Crippen LogP contribution in [0, 0.1) is 12.9 Å². The zero-order chi connectivity index (χ0) is 15.3. The number of anilines is 1. The number of piperidine rings is 1. The van der Waals surface area contributed by atoms with Crippen LogP contribution in [-0.4, -0.2) is 23.7 Å². The summed E-state index contributed by atoms with van der Waals surface area (Å²) in [6.45, 7) is 5.90. The molecule has 2 nitrogen and oxygen atoms in total. The zero-order valence-electron chi connectivity index (χ0n) is 12.0. The third-order valence-corrected chi connectivity index (χ3v) is 3.10. The Labute approximate surface area is 116 Å². The predicted octanol–water partition coefficient (Wildman–Crippen LogP) is 4.48. The van der Waals surface area contributed by atoms with Gasteiger partial charge in [0.25, 0.3) is 0 Å². The minimum Gasteiger partial charge on any atom is -0.344 e. The molecule has 1 unspecified atom stereocenters. The van der Waals surface area contributed by atoms with Gasteiger partial charge < -0.3 is 4.90 Å². The topological polar surface area (TPSA) is 16.1 Å². The summed E-state index contributed by atoms with van der Waals surface area (Å²) in [5.74, 6) is -0.661. The van der Waals surface area contributed by atoms with Gasteiger partial charge in [0.1, 0.15) is 11.9 Å². The Hall–Kier alpha value is -1.33. The van der Waals surface area contributed by atoms with Crippen molar-refractivity contribution >= 4 is 5.82 Å². The first kappa shape index (κ1) is 16.7. The van der Waals surface area contributed by atoms with Gasteiger partial charge in [0.05, 0.1) is 0 Å². The Kier molecular flexibility index (Phi) is 5.77. The maximum atomic E-state index is 13.2. The van der Waals surface area contributed by atoms with E-state index in [9.17, 15) is 17.6 Å². The van der Waals surface area contributed by atoms with Crippen LogP contribution >= 0.6 is 0 Å². The van der Waals surface area contributed by atoms with Gasteiger partial charge >= 0.3 is 6.18 Å². The summed E-state index contributed by atoms with van der Waals surface area (Å²) in [6.07, 6.45) is -3.05. The maximum Gasteiger partial charge on any atom is 0.408 e. The van der Waals surface area contributed by atoms with Crippen molar-refractivity contribution in [3.63, 3.8) is 0 Å². The van der Waals surface area contributed by atoms with E-state index in [-0.39, 0.29) is 18.8 Å². The standard InChI is InChI=1S/C12H14F4N2.C2H6/c1-8-6-10(13)17-11(7-8)18-5-3-2-4-9(18)12(14,15)16;1-2/h6-7,9H,2-5H2,1H3;1-2H3. The highest BCUT2D eigenvalue weighted by Gasteiger charge is 2.45. The van der Waals surface area contributed by atoms with Crippen LogP contribution in [0.2, 0.25) is 0 Å². The number of rotatable bonds is 1. The molecule has 1 atom stereocenters. The van der Waals surface area contributed by atoms with Crippen LogP contribution in [0.1, 0.15) is 38.7 Å². The lowest BCUT2D eigenvalue weighted by Gasteiger charge is -2.37. The summed E-state index contributed by atoms with van der Waals surface area (Å²) in [4.78, 5) is 4.75. The van der Waals surface area contributed by atoms with Crippen molar-refractivity contribution in [1.29, 1.82) is 0 Å².